The van der Waals surface area contributed by atoms with Crippen LogP contribution in [-0.4, -0.2) is 84.2 Å². The number of hydrogen-bond acceptors (Lipinski definition) is 13. The molecule has 1 fully saturated rings. The molecule has 14 nitrogen and oxygen atoms in total. The molecular formula is C21H21ClN8O6S4. The summed E-state index contributed by atoms with van der Waals surface area (Å²) >= 11 is 11.0. The number of carboxylic acid groups (broad SMARTS) is 1. The highest BCUT2D eigenvalue weighted by atomic mass is 35.5. The van der Waals surface area contributed by atoms with Gasteiger partial charge in [0.2, 0.25) is 0 Å². The number of fused-ring (bicyclic) bond motifs is 1. The second-order valence-corrected chi connectivity index (χ2v) is 13.0. The minimum absolute atomic E-state index is 0.0306. The Morgan fingerprint density at radius 3 is 2.77 bits per heavy atom. The van der Waals surface area contributed by atoms with E-state index >= 15 is 0 Å². The van der Waals surface area contributed by atoms with Crippen LogP contribution in [-0.2, 0) is 20.1 Å². The number of oxime groups is 1. The first-order chi connectivity index (χ1) is 19.1. The van der Waals surface area contributed by atoms with Gasteiger partial charge in [0.05, 0.1) is 0 Å². The third-order valence-electron chi connectivity index (χ3n) is 5.46. The fraction of sp³-hybridized carbons (Fsp3) is 0.286. The van der Waals surface area contributed by atoms with Crippen molar-refractivity contribution in [3.8, 4) is 0 Å². The van der Waals surface area contributed by atoms with Crippen molar-refractivity contribution in [3.63, 3.8) is 0 Å². The zero-order valence-corrected chi connectivity index (χ0v) is 24.2. The number of carbonyl (C=O) groups is 4. The Morgan fingerprint density at radius 1 is 1.35 bits per heavy atom. The van der Waals surface area contributed by atoms with Gasteiger partial charge in [-0.05, 0) is 11.6 Å². The molecule has 0 radical (unpaired) electrons. The zero-order valence-electron chi connectivity index (χ0n) is 20.2. The van der Waals surface area contributed by atoms with Crippen molar-refractivity contribution in [3.05, 3.63) is 44.7 Å². The fourth-order valence-corrected chi connectivity index (χ4v) is 8.15. The number of primary amides is 1. The minimum atomic E-state index is -1.28. The maximum Gasteiger partial charge on any atom is 0.353 e. The van der Waals surface area contributed by atoms with E-state index in [4.69, 9.17) is 23.1 Å². The fourth-order valence-electron chi connectivity index (χ4n) is 3.73. The molecule has 0 aromatic carbocycles. The Labute approximate surface area is 248 Å². The third-order valence-corrected chi connectivity index (χ3v) is 10.2. The standard InChI is InChI=1S/C21H21ClN8O6S4/c22-15-11(28-21(24)40-15)12(29-36)16(31)27-13-17(32)30-14(19(33)34)10(7-38-18(13)30)39-9-1-2-25-5-8(9)6-37-4-3-26-20(23)35/h1-2,5,13,18,36H,3-4,6-7H2,(H2,24,28)(H,27,31)(H,33,34)(H3,23,26,35)/b29-12-/t13-,18-/m1/s1. The molecule has 4 rings (SSSR count). The summed E-state index contributed by atoms with van der Waals surface area (Å²) in [6.07, 6.45) is 3.27. The molecule has 2 aromatic heterocycles. The van der Waals surface area contributed by atoms with E-state index in [0.717, 1.165) is 26.7 Å². The number of anilines is 1. The van der Waals surface area contributed by atoms with Crippen LogP contribution in [0.2, 0.25) is 4.34 Å². The van der Waals surface area contributed by atoms with Gasteiger partial charge in [0.1, 0.15) is 27.1 Å². The summed E-state index contributed by atoms with van der Waals surface area (Å²) in [5, 5.41) is 26.7. The number of nitrogens with two attached hydrogens (primary N) is 2. The summed E-state index contributed by atoms with van der Waals surface area (Å²) in [4.78, 5) is 59.3. The average molecular weight is 645 g/mol. The number of carbonyl (C=O) groups excluding carboxylic acids is 3. The molecule has 19 heteroatoms. The highest BCUT2D eigenvalue weighted by Gasteiger charge is 2.54. The van der Waals surface area contributed by atoms with Crippen molar-refractivity contribution < 1.29 is 29.5 Å². The van der Waals surface area contributed by atoms with E-state index in [1.165, 1.54) is 23.5 Å². The Bertz CT molecular complexity index is 1420. The lowest BCUT2D eigenvalue weighted by Crippen LogP contribution is -2.71. The van der Waals surface area contributed by atoms with Gasteiger partial charge in [-0.1, -0.05) is 39.9 Å². The molecule has 2 atom stereocenters. The number of rotatable bonds is 11. The van der Waals surface area contributed by atoms with E-state index < -0.39 is 40.9 Å². The van der Waals surface area contributed by atoms with Crippen LogP contribution in [0.15, 0.2) is 39.1 Å². The first-order valence-electron chi connectivity index (χ1n) is 11.2. The van der Waals surface area contributed by atoms with Crippen LogP contribution in [0.3, 0.4) is 0 Å². The van der Waals surface area contributed by atoms with Gasteiger partial charge in [-0.15, -0.1) is 11.8 Å². The summed E-state index contributed by atoms with van der Waals surface area (Å²) in [7, 11) is 0. The van der Waals surface area contributed by atoms with Crippen molar-refractivity contribution in [2.75, 3.05) is 23.8 Å². The second-order valence-electron chi connectivity index (χ2n) is 7.99. The number of nitrogens with zero attached hydrogens (tertiary/aromatic N) is 4. The molecule has 2 aliphatic heterocycles. The van der Waals surface area contributed by atoms with E-state index in [2.05, 4.69) is 25.8 Å². The van der Waals surface area contributed by atoms with E-state index in [-0.39, 0.29) is 26.6 Å². The summed E-state index contributed by atoms with van der Waals surface area (Å²) < 4.78 is 0.0306. The largest absolute Gasteiger partial charge is 0.477 e. The number of hydrogen-bond donors (Lipinski definition) is 6. The lowest BCUT2D eigenvalue weighted by Gasteiger charge is -2.49. The quantitative estimate of drug-likeness (QED) is 0.0670. The van der Waals surface area contributed by atoms with Gasteiger partial charge in [0.25, 0.3) is 11.8 Å². The van der Waals surface area contributed by atoms with Gasteiger partial charge in [0.15, 0.2) is 10.8 Å². The Hall–Kier alpha value is -3.19. The number of nitrogen functional groups attached to an aromatic ring is 1. The predicted octanol–water partition coefficient (Wildman–Crippen LogP) is 1.34. The van der Waals surface area contributed by atoms with E-state index in [0.29, 0.717) is 23.0 Å². The molecule has 212 valence electrons. The number of nitrogens with one attached hydrogen (secondary N) is 2. The predicted molar refractivity (Wildman–Crippen MR) is 153 cm³/mol. The molecular weight excluding hydrogens is 624 g/mol. The van der Waals surface area contributed by atoms with Gasteiger partial charge in [-0.2, -0.15) is 11.8 Å². The number of aliphatic carboxylic acids is 1. The summed E-state index contributed by atoms with van der Waals surface area (Å²) in [6.45, 7) is 0.403. The lowest BCUT2D eigenvalue weighted by atomic mass is 10.0. The zero-order chi connectivity index (χ0) is 29.0. The minimum Gasteiger partial charge on any atom is -0.477 e. The molecule has 2 aromatic rings. The number of carboxylic acids is 1. The molecule has 0 spiro atoms. The Kier molecular flexibility index (Phi) is 9.67. The van der Waals surface area contributed by atoms with Gasteiger partial charge in [0, 0.05) is 46.0 Å². The molecule has 0 bridgehead atoms. The maximum atomic E-state index is 13.1. The topological polar surface area (TPSA) is 226 Å². The molecule has 0 unspecified atom stereocenters. The first-order valence-corrected chi connectivity index (χ1v) is 15.4. The number of pyridine rings is 1. The molecule has 0 saturated carbocycles. The van der Waals surface area contributed by atoms with E-state index in [1.54, 1.807) is 30.2 Å². The summed E-state index contributed by atoms with van der Waals surface area (Å²) in [5.41, 5.74) is 10.7. The van der Waals surface area contributed by atoms with Crippen LogP contribution in [0.25, 0.3) is 0 Å². The SMILES string of the molecule is NC(=O)NCCSCc1cnccc1SC1=C(C(=O)O)N2C(=O)[C@@H](NC(=O)/C(=N\O)c3nc(N)sc3Cl)[C@H]2SC1. The lowest BCUT2D eigenvalue weighted by molar-refractivity contribution is -0.150. The molecule has 2 aliphatic rings. The highest BCUT2D eigenvalue weighted by Crippen LogP contribution is 2.46. The van der Waals surface area contributed by atoms with Crippen LogP contribution < -0.4 is 22.1 Å². The van der Waals surface area contributed by atoms with Crippen LogP contribution in [0.1, 0.15) is 11.3 Å². The molecule has 4 amide bonds. The van der Waals surface area contributed by atoms with E-state index in [9.17, 15) is 29.5 Å². The maximum absolute atomic E-state index is 13.1. The van der Waals surface area contributed by atoms with Gasteiger partial charge in [-0.3, -0.25) is 19.5 Å². The summed E-state index contributed by atoms with van der Waals surface area (Å²) in [6, 6.07) is 0.100. The van der Waals surface area contributed by atoms with Crippen molar-refractivity contribution in [2.45, 2.75) is 22.1 Å². The first kappa shape index (κ1) is 29.8. The number of halogens is 1. The second kappa shape index (κ2) is 13.0. The number of thiazole rings is 1. The summed E-state index contributed by atoms with van der Waals surface area (Å²) in [5.74, 6) is -1.39. The monoisotopic (exact) mass is 644 g/mol. The van der Waals surface area contributed by atoms with Crippen LogP contribution >= 0.6 is 58.2 Å². The molecule has 0 aliphatic carbocycles. The van der Waals surface area contributed by atoms with Crippen molar-refractivity contribution in [1.82, 2.24) is 25.5 Å². The smallest absolute Gasteiger partial charge is 0.353 e. The number of urea groups is 1. The molecule has 8 N–H and O–H groups in total. The van der Waals surface area contributed by atoms with Crippen molar-refractivity contribution in [1.29, 1.82) is 0 Å². The van der Waals surface area contributed by atoms with Crippen LogP contribution in [0.4, 0.5) is 9.93 Å². The van der Waals surface area contributed by atoms with Gasteiger partial charge < -0.3 is 32.4 Å². The van der Waals surface area contributed by atoms with Crippen LogP contribution in [0.5, 0.6) is 0 Å². The molecule has 1 saturated heterocycles. The number of amides is 4. The molecule has 40 heavy (non-hydrogen) atoms. The van der Waals surface area contributed by atoms with E-state index in [1.807, 2.05) is 0 Å². The normalized spacial score (nSPS) is 18.7. The van der Waals surface area contributed by atoms with Crippen LogP contribution in [0, 0.1) is 0 Å². The Balaban J connectivity index is 1.47. The highest BCUT2D eigenvalue weighted by molar-refractivity contribution is 8.06. The van der Waals surface area contributed by atoms with Crippen molar-refractivity contribution in [2.24, 2.45) is 10.9 Å². The van der Waals surface area contributed by atoms with Gasteiger partial charge >= 0.3 is 12.0 Å². The average Bonchev–Trinajstić information content (AvgIpc) is 3.24. The number of β-lactam (4-membered cyclic amide) rings is 1. The third kappa shape index (κ3) is 6.41. The van der Waals surface area contributed by atoms with Gasteiger partial charge in [-0.25, -0.2) is 14.6 Å². The number of thioether (sulfide) groups is 3. The molecule has 4 heterocycles. The Morgan fingerprint density at radius 2 is 2.12 bits per heavy atom. The van der Waals surface area contributed by atoms with Crippen molar-refractivity contribution >= 4 is 92.9 Å². The number of aromatic nitrogens is 2.